The summed E-state index contributed by atoms with van der Waals surface area (Å²) in [6.07, 6.45) is 4.08. The van der Waals surface area contributed by atoms with Crippen molar-refractivity contribution in [3.8, 4) is 0 Å². The summed E-state index contributed by atoms with van der Waals surface area (Å²) in [6.45, 7) is 3.33. The number of aromatic nitrogens is 1. The monoisotopic (exact) mass is 278 g/mol. The summed E-state index contributed by atoms with van der Waals surface area (Å²) in [4.78, 5) is 13.9. The highest BCUT2D eigenvalue weighted by Gasteiger charge is 2.10. The third kappa shape index (κ3) is 3.29. The van der Waals surface area contributed by atoms with Gasteiger partial charge in [-0.3, -0.25) is 4.79 Å². The highest BCUT2D eigenvalue weighted by atomic mass is 35.5. The van der Waals surface area contributed by atoms with Crippen molar-refractivity contribution in [1.29, 1.82) is 0 Å². The van der Waals surface area contributed by atoms with Crippen LogP contribution < -0.4 is 0 Å². The second kappa shape index (κ2) is 6.11. The fourth-order valence-electron chi connectivity index (χ4n) is 2.10. The summed E-state index contributed by atoms with van der Waals surface area (Å²) in [5.74, 6) is 0.140. The van der Waals surface area contributed by atoms with Gasteiger partial charge in [-0.2, -0.15) is 0 Å². The smallest absolute Gasteiger partial charge is 0.242 e. The zero-order valence-electron chi connectivity index (χ0n) is 11.4. The molecule has 0 aliphatic rings. The Morgan fingerprint density at radius 3 is 2.89 bits per heavy atom. The summed E-state index contributed by atoms with van der Waals surface area (Å²) in [5, 5.41) is 1.79. The van der Waals surface area contributed by atoms with Crippen LogP contribution in [0.3, 0.4) is 0 Å². The van der Waals surface area contributed by atoms with Crippen molar-refractivity contribution in [2.45, 2.75) is 26.3 Å². The summed E-state index contributed by atoms with van der Waals surface area (Å²) < 4.78 is 1.97. The first-order valence-corrected chi connectivity index (χ1v) is 6.98. The molecule has 2 aromatic rings. The normalized spacial score (nSPS) is 10.9. The zero-order chi connectivity index (χ0) is 13.8. The average Bonchev–Trinajstić information content (AvgIpc) is 2.78. The van der Waals surface area contributed by atoms with Crippen molar-refractivity contribution in [1.82, 2.24) is 9.47 Å². The van der Waals surface area contributed by atoms with Crippen LogP contribution in [0.5, 0.6) is 0 Å². The molecule has 0 aliphatic carbocycles. The molecule has 0 N–H and O–H groups in total. The molecule has 1 heterocycles. The number of unbranched alkanes of at least 4 members (excludes halogenated alkanes) is 1. The van der Waals surface area contributed by atoms with Crippen molar-refractivity contribution in [3.05, 3.63) is 35.5 Å². The molecule has 102 valence electrons. The van der Waals surface area contributed by atoms with Crippen molar-refractivity contribution in [2.24, 2.45) is 0 Å². The molecule has 3 nitrogen and oxygen atoms in total. The number of carbonyl (C=O) groups excluding carboxylic acids is 1. The Labute approximate surface area is 118 Å². The number of hydrogen-bond acceptors (Lipinski definition) is 1. The minimum absolute atomic E-state index is 0.140. The third-order valence-corrected chi connectivity index (χ3v) is 3.55. The fourth-order valence-corrected chi connectivity index (χ4v) is 2.28. The summed E-state index contributed by atoms with van der Waals surface area (Å²) in [5.41, 5.74) is 1.04. The van der Waals surface area contributed by atoms with Crippen LogP contribution in [0.1, 0.15) is 19.8 Å². The average molecular weight is 279 g/mol. The number of carbonyl (C=O) groups is 1. The highest BCUT2D eigenvalue weighted by Crippen LogP contribution is 2.20. The van der Waals surface area contributed by atoms with Gasteiger partial charge in [-0.25, -0.2) is 0 Å². The molecule has 0 bridgehead atoms. The lowest BCUT2D eigenvalue weighted by Crippen LogP contribution is -2.30. The van der Waals surface area contributed by atoms with Gasteiger partial charge in [0.1, 0.15) is 6.54 Å². The molecular formula is C15H19ClN2O. The molecule has 1 amide bonds. The van der Waals surface area contributed by atoms with Crippen molar-refractivity contribution in [3.63, 3.8) is 0 Å². The van der Waals surface area contributed by atoms with Crippen LogP contribution in [0.4, 0.5) is 0 Å². The molecule has 0 aliphatic heterocycles. The van der Waals surface area contributed by atoms with Gasteiger partial charge >= 0.3 is 0 Å². The molecule has 4 heteroatoms. The standard InChI is InChI=1S/C15H19ClN2O/c1-3-4-8-17(2)15(19)11-18-9-7-12-10-13(16)5-6-14(12)18/h5-7,9-10H,3-4,8,11H2,1-2H3. The van der Waals surface area contributed by atoms with Crippen LogP contribution >= 0.6 is 11.6 Å². The molecule has 0 saturated carbocycles. The van der Waals surface area contributed by atoms with E-state index in [4.69, 9.17) is 11.6 Å². The number of amides is 1. The lowest BCUT2D eigenvalue weighted by atomic mass is 10.2. The minimum atomic E-state index is 0.140. The molecule has 19 heavy (non-hydrogen) atoms. The van der Waals surface area contributed by atoms with E-state index in [2.05, 4.69) is 6.92 Å². The predicted octanol–water partition coefficient (Wildman–Crippen LogP) is 3.55. The Morgan fingerprint density at radius 2 is 2.16 bits per heavy atom. The fraction of sp³-hybridized carbons (Fsp3) is 0.400. The molecule has 0 unspecified atom stereocenters. The molecule has 1 aromatic carbocycles. The Hall–Kier alpha value is -1.48. The van der Waals surface area contributed by atoms with Crippen molar-refractivity contribution < 1.29 is 4.79 Å². The first-order chi connectivity index (χ1) is 9.11. The number of rotatable bonds is 5. The van der Waals surface area contributed by atoms with E-state index in [0.29, 0.717) is 6.54 Å². The van der Waals surface area contributed by atoms with E-state index in [9.17, 15) is 4.79 Å². The second-order valence-corrected chi connectivity index (χ2v) is 5.25. The maximum absolute atomic E-state index is 12.1. The Balaban J connectivity index is 2.11. The predicted molar refractivity (Wildman–Crippen MR) is 79.5 cm³/mol. The Kier molecular flexibility index (Phi) is 4.48. The van der Waals surface area contributed by atoms with E-state index in [1.54, 1.807) is 4.90 Å². The van der Waals surface area contributed by atoms with Crippen LogP contribution in [0, 0.1) is 0 Å². The van der Waals surface area contributed by atoms with Crippen molar-refractivity contribution in [2.75, 3.05) is 13.6 Å². The molecular weight excluding hydrogens is 260 g/mol. The number of benzene rings is 1. The zero-order valence-corrected chi connectivity index (χ0v) is 12.2. The largest absolute Gasteiger partial charge is 0.344 e. The van der Waals surface area contributed by atoms with Gasteiger partial charge in [-0.05, 0) is 30.7 Å². The van der Waals surface area contributed by atoms with E-state index < -0.39 is 0 Å². The molecule has 0 saturated heterocycles. The van der Waals surface area contributed by atoms with Gasteiger partial charge in [0.25, 0.3) is 0 Å². The van der Waals surface area contributed by atoms with E-state index >= 15 is 0 Å². The first-order valence-electron chi connectivity index (χ1n) is 6.60. The maximum atomic E-state index is 12.1. The summed E-state index contributed by atoms with van der Waals surface area (Å²) in [6, 6.07) is 7.71. The van der Waals surface area contributed by atoms with Gasteiger partial charge in [0.2, 0.25) is 5.91 Å². The lowest BCUT2D eigenvalue weighted by molar-refractivity contribution is -0.130. The highest BCUT2D eigenvalue weighted by molar-refractivity contribution is 6.31. The first kappa shape index (κ1) is 13.9. The van der Waals surface area contributed by atoms with Crippen LogP contribution in [-0.4, -0.2) is 29.0 Å². The van der Waals surface area contributed by atoms with Crippen molar-refractivity contribution >= 4 is 28.4 Å². The van der Waals surface area contributed by atoms with Gasteiger partial charge in [-0.1, -0.05) is 24.9 Å². The Bertz CT molecular complexity index is 577. The SMILES string of the molecule is CCCCN(C)C(=O)Cn1ccc2cc(Cl)ccc21. The summed E-state index contributed by atoms with van der Waals surface area (Å²) in [7, 11) is 1.86. The van der Waals surface area contributed by atoms with E-state index in [-0.39, 0.29) is 5.91 Å². The second-order valence-electron chi connectivity index (χ2n) is 4.82. The number of halogens is 1. The molecule has 0 radical (unpaired) electrons. The van der Waals surface area contributed by atoms with Gasteiger partial charge < -0.3 is 9.47 Å². The van der Waals surface area contributed by atoms with Gasteiger partial charge in [-0.15, -0.1) is 0 Å². The van der Waals surface area contributed by atoms with E-state index in [1.165, 1.54) is 0 Å². The third-order valence-electron chi connectivity index (χ3n) is 3.31. The topological polar surface area (TPSA) is 25.2 Å². The quantitative estimate of drug-likeness (QED) is 0.821. The maximum Gasteiger partial charge on any atom is 0.242 e. The molecule has 0 atom stereocenters. The lowest BCUT2D eigenvalue weighted by Gasteiger charge is -2.17. The van der Waals surface area contributed by atoms with Crippen LogP contribution in [0.25, 0.3) is 10.9 Å². The van der Waals surface area contributed by atoms with Crippen LogP contribution in [0.15, 0.2) is 30.5 Å². The summed E-state index contributed by atoms with van der Waals surface area (Å²) >= 11 is 5.96. The molecule has 0 fully saturated rings. The van der Waals surface area contributed by atoms with E-state index in [0.717, 1.165) is 35.3 Å². The number of likely N-dealkylation sites (N-methyl/N-ethyl adjacent to an activating group) is 1. The Morgan fingerprint density at radius 1 is 1.37 bits per heavy atom. The van der Waals surface area contributed by atoms with Crippen LogP contribution in [-0.2, 0) is 11.3 Å². The molecule has 2 rings (SSSR count). The van der Waals surface area contributed by atoms with Gasteiger partial charge in [0, 0.05) is 35.7 Å². The van der Waals surface area contributed by atoms with Gasteiger partial charge in [0.15, 0.2) is 0 Å². The number of nitrogens with zero attached hydrogens (tertiary/aromatic N) is 2. The number of fused-ring (bicyclic) bond motifs is 1. The molecule has 0 spiro atoms. The molecule has 1 aromatic heterocycles. The number of hydrogen-bond donors (Lipinski definition) is 0. The van der Waals surface area contributed by atoms with Crippen LogP contribution in [0.2, 0.25) is 5.02 Å². The van der Waals surface area contributed by atoms with Gasteiger partial charge in [0.05, 0.1) is 0 Å². The van der Waals surface area contributed by atoms with E-state index in [1.807, 2.05) is 42.1 Å². The minimum Gasteiger partial charge on any atom is -0.344 e.